The van der Waals surface area contributed by atoms with Gasteiger partial charge >= 0.3 is 11.5 Å². The highest BCUT2D eigenvalue weighted by atomic mass is 35.7. The maximum Gasteiger partial charge on any atom is 0.361 e. The third kappa shape index (κ3) is 7.06. The van der Waals surface area contributed by atoms with E-state index in [0.717, 1.165) is 28.2 Å². The van der Waals surface area contributed by atoms with Gasteiger partial charge in [0.1, 0.15) is 0 Å². The fourth-order valence-corrected chi connectivity index (χ4v) is 2.79. The van der Waals surface area contributed by atoms with Crippen molar-refractivity contribution in [2.45, 2.75) is 0 Å². The minimum absolute atomic E-state index is 0. The van der Waals surface area contributed by atoms with Crippen molar-refractivity contribution in [3.63, 3.8) is 0 Å². The zero-order chi connectivity index (χ0) is 20.7. The van der Waals surface area contributed by atoms with Crippen LogP contribution in [0.2, 0.25) is 0 Å². The van der Waals surface area contributed by atoms with Crippen molar-refractivity contribution in [3.05, 3.63) is 103 Å². The van der Waals surface area contributed by atoms with Crippen LogP contribution in [0, 0.1) is 10.2 Å². The summed E-state index contributed by atoms with van der Waals surface area (Å²) in [4.78, 5) is 0. The average molecular weight is 427 g/mol. The molecule has 0 spiro atoms. The van der Waals surface area contributed by atoms with Crippen molar-refractivity contribution in [1.29, 1.82) is 0 Å². The first-order valence-corrected chi connectivity index (χ1v) is 9.90. The van der Waals surface area contributed by atoms with Gasteiger partial charge in [0, 0.05) is 5.56 Å². The zero-order valence-corrected chi connectivity index (χ0v) is 16.5. The summed E-state index contributed by atoms with van der Waals surface area (Å²) in [6.45, 7) is 0. The van der Waals surface area contributed by atoms with Gasteiger partial charge in [0.15, 0.2) is 0 Å². The molecule has 0 atom stereocenters. The first-order chi connectivity index (χ1) is 13.9. The van der Waals surface area contributed by atoms with Gasteiger partial charge in [-0.2, -0.15) is 0 Å². The van der Waals surface area contributed by atoms with Crippen LogP contribution in [-0.2, 0) is 0 Å². The molecule has 0 amide bonds. The van der Waals surface area contributed by atoms with Crippen LogP contribution in [0.15, 0.2) is 108 Å². The molecule has 4 aromatic rings. The Morgan fingerprint density at radius 1 is 0.467 bits per heavy atom. The highest BCUT2D eigenvalue weighted by molar-refractivity contribution is 5.74. The molecule has 0 aliphatic rings. The summed E-state index contributed by atoms with van der Waals surface area (Å²) < 4.78 is 40.2. The highest BCUT2D eigenvalue weighted by Crippen LogP contribution is 2.32. The van der Waals surface area contributed by atoms with E-state index < -0.39 is 10.2 Å². The lowest BCUT2D eigenvalue weighted by atomic mass is 10.0. The lowest BCUT2D eigenvalue weighted by Crippen LogP contribution is -2.68. The molecule has 1 aromatic heterocycles. The maximum absolute atomic E-state index is 8.49. The van der Waals surface area contributed by atoms with Gasteiger partial charge in [-0.25, -0.2) is 23.1 Å². The van der Waals surface area contributed by atoms with Crippen molar-refractivity contribution >= 4 is 0 Å². The van der Waals surface area contributed by atoms with Gasteiger partial charge in [0.05, 0.1) is 23.3 Å². The predicted octanol–water partition coefficient (Wildman–Crippen LogP) is 0.981. The average Bonchev–Trinajstić information content (AvgIpc) is 2.74. The lowest BCUT2D eigenvalue weighted by Gasteiger charge is -2.17. The fraction of sp³-hybridized carbons (Fsp3) is 0. The van der Waals surface area contributed by atoms with E-state index in [-0.39, 0.29) is 5.48 Å². The second-order valence-electron chi connectivity index (χ2n) is 6.05. The molecule has 154 valence electrons. The molecule has 0 aliphatic heterocycles. The molecule has 2 N–H and O–H groups in total. The lowest BCUT2D eigenvalue weighted by molar-refractivity contribution is -2.00. The molecule has 3 aromatic carbocycles. The molecule has 0 saturated carbocycles. The Morgan fingerprint density at radius 2 is 0.767 bits per heavy atom. The molecule has 1 heterocycles. The van der Waals surface area contributed by atoms with Crippen molar-refractivity contribution in [2.24, 2.45) is 0 Å². The summed E-state index contributed by atoms with van der Waals surface area (Å²) in [6, 6.07) is 35.1. The quantitative estimate of drug-likeness (QED) is 0.450. The molecule has 0 saturated heterocycles. The van der Waals surface area contributed by atoms with E-state index in [1.54, 1.807) is 0 Å². The minimum atomic E-state index is -4.94. The van der Waals surface area contributed by atoms with E-state index in [9.17, 15) is 0 Å². The van der Waals surface area contributed by atoms with Crippen LogP contribution >= 0.6 is 0 Å². The largest absolute Gasteiger partial charge is 0.412 e. The topological polar surface area (TPSA) is 135 Å². The first-order valence-electron chi connectivity index (χ1n) is 8.66. The molecule has 0 bridgehead atoms. The monoisotopic (exact) mass is 426 g/mol. The fourth-order valence-electron chi connectivity index (χ4n) is 2.79. The van der Waals surface area contributed by atoms with Crippen molar-refractivity contribution in [3.8, 4) is 33.8 Å². The Labute approximate surface area is 176 Å². The Hall–Kier alpha value is -3.10. The van der Waals surface area contributed by atoms with Crippen LogP contribution in [0.4, 0.5) is 0 Å². The second kappa shape index (κ2) is 10.6. The molecule has 0 aliphatic carbocycles. The maximum atomic E-state index is 8.49. The minimum Gasteiger partial charge on any atom is -0.412 e. The molecule has 30 heavy (non-hydrogen) atoms. The smallest absolute Gasteiger partial charge is 0.361 e. The zero-order valence-electron chi connectivity index (χ0n) is 15.7. The van der Waals surface area contributed by atoms with E-state index in [1.165, 1.54) is 5.56 Å². The summed E-state index contributed by atoms with van der Waals surface area (Å²) in [5.41, 5.74) is 4.49. The van der Waals surface area contributed by atoms with E-state index in [1.807, 2.05) is 42.5 Å². The van der Waals surface area contributed by atoms with Gasteiger partial charge < -0.3 is 5.48 Å². The van der Waals surface area contributed by atoms with E-state index >= 15 is 0 Å². The molecule has 6 nitrogen and oxygen atoms in total. The van der Waals surface area contributed by atoms with Crippen LogP contribution in [-0.4, -0.2) is 5.48 Å². The van der Waals surface area contributed by atoms with Gasteiger partial charge in [-0.3, -0.25) is 0 Å². The first kappa shape index (κ1) is 23.2. The van der Waals surface area contributed by atoms with Gasteiger partial charge in [-0.05, 0) is 29.8 Å². The van der Waals surface area contributed by atoms with Gasteiger partial charge in [-0.1, -0.05) is 66.7 Å². The van der Waals surface area contributed by atoms with Crippen LogP contribution in [0.3, 0.4) is 0 Å². The van der Waals surface area contributed by atoms with Crippen LogP contribution in [0.25, 0.3) is 33.8 Å². The summed E-state index contributed by atoms with van der Waals surface area (Å²) in [5, 5.41) is 0. The molecule has 0 fully saturated rings. The van der Waals surface area contributed by atoms with Crippen molar-refractivity contribution in [1.82, 2.24) is 0 Å². The molecular formula is C23H19ClO6. The molecular weight excluding hydrogens is 408 g/mol. The summed E-state index contributed by atoms with van der Waals surface area (Å²) in [5.74, 6) is 1.74. The Morgan fingerprint density at radius 3 is 1.10 bits per heavy atom. The summed E-state index contributed by atoms with van der Waals surface area (Å²) in [6.07, 6.45) is 0. The Balaban J connectivity index is 0.000000482. The second-order valence-corrected chi connectivity index (χ2v) is 6.81. The highest BCUT2D eigenvalue weighted by Gasteiger charge is 2.20. The normalized spacial score (nSPS) is 10.4. The van der Waals surface area contributed by atoms with Gasteiger partial charge in [0.2, 0.25) is 0 Å². The van der Waals surface area contributed by atoms with Crippen LogP contribution in [0.1, 0.15) is 0 Å². The number of rotatable bonds is 3. The van der Waals surface area contributed by atoms with Crippen molar-refractivity contribution in [2.75, 3.05) is 0 Å². The SMILES string of the molecule is O.[O-][Cl+3]([O-])([O-])[O-].c1ccc(-c2cc(-c3ccccc3)[o+]c(-c3ccccc3)c2)cc1. The molecule has 7 heteroatoms. The third-order valence-electron chi connectivity index (χ3n) is 4.02. The van der Waals surface area contributed by atoms with Gasteiger partial charge in [-0.15, -0.1) is 10.2 Å². The van der Waals surface area contributed by atoms with E-state index in [2.05, 4.69) is 60.7 Å². The number of hydrogen-bond acceptors (Lipinski definition) is 4. The van der Waals surface area contributed by atoms with E-state index in [4.69, 9.17) is 23.1 Å². The van der Waals surface area contributed by atoms with Crippen LogP contribution in [0.5, 0.6) is 0 Å². The van der Waals surface area contributed by atoms with Gasteiger partial charge in [0.25, 0.3) is 0 Å². The third-order valence-corrected chi connectivity index (χ3v) is 4.02. The Bertz CT molecular complexity index is 890. The molecule has 0 radical (unpaired) electrons. The van der Waals surface area contributed by atoms with Crippen LogP contribution < -0.4 is 18.6 Å². The molecule has 4 rings (SSSR count). The summed E-state index contributed by atoms with van der Waals surface area (Å²) >= 11 is 0. The predicted molar refractivity (Wildman–Crippen MR) is 103 cm³/mol. The number of halogens is 1. The number of benzene rings is 3. The molecule has 0 unspecified atom stereocenters. The standard InChI is InChI=1S/C23H17O.ClHO4.H2O/c1-4-10-18(11-5-1)21-16-22(19-12-6-2-7-13-19)24-23(17-21)20-14-8-3-9-15-20;2-1(3,4)5;/h1-17H;(H,2,3,4,5);1H2/q+1;;/p-1. The van der Waals surface area contributed by atoms with E-state index in [0.29, 0.717) is 0 Å². The summed E-state index contributed by atoms with van der Waals surface area (Å²) in [7, 11) is -4.94. The number of hydrogen-bond donors (Lipinski definition) is 0. The Kier molecular flexibility index (Phi) is 8.20. The van der Waals surface area contributed by atoms with Crippen molar-refractivity contribution < 1.29 is 38.8 Å².